The van der Waals surface area contributed by atoms with E-state index in [4.69, 9.17) is 5.73 Å². The van der Waals surface area contributed by atoms with Gasteiger partial charge in [0.05, 0.1) is 11.6 Å². The van der Waals surface area contributed by atoms with Gasteiger partial charge in [-0.15, -0.1) is 0 Å². The van der Waals surface area contributed by atoms with Crippen LogP contribution in [0.5, 0.6) is 5.75 Å². The summed E-state index contributed by atoms with van der Waals surface area (Å²) in [6.07, 6.45) is 4.03. The highest BCUT2D eigenvalue weighted by atomic mass is 16.3. The summed E-state index contributed by atoms with van der Waals surface area (Å²) in [6.45, 7) is 0. The van der Waals surface area contributed by atoms with Crippen LogP contribution in [0.25, 0.3) is 17.9 Å². The molecule has 1 saturated carbocycles. The molecule has 0 heterocycles. The average molecular weight is 517 g/mol. The molecule has 5 rings (SSSR count). The number of hydrogen-bond donors (Lipinski definition) is 5. The third-order valence-electron chi connectivity index (χ3n) is 7.90. The van der Waals surface area contributed by atoms with Crippen molar-refractivity contribution in [1.82, 2.24) is 4.90 Å². The molecular weight excluding hydrogens is 488 g/mol. The van der Waals surface area contributed by atoms with E-state index in [-0.39, 0.29) is 29.7 Å². The Morgan fingerprint density at radius 1 is 1.05 bits per heavy atom. The van der Waals surface area contributed by atoms with Gasteiger partial charge in [0.15, 0.2) is 11.4 Å². The number of likely N-dealkylation sites (N-methyl/N-ethyl adjacent to an activating group) is 1. The number of primary amides is 1. The molecule has 38 heavy (non-hydrogen) atoms. The first-order chi connectivity index (χ1) is 18.0. The number of hydrogen-bond acceptors (Lipinski definition) is 8. The number of phenolic OH excluding ortho intramolecular Hbond substituents is 1. The van der Waals surface area contributed by atoms with Crippen LogP contribution < -0.4 is 5.73 Å². The molecule has 6 N–H and O–H groups in total. The molecule has 0 bridgehead atoms. The maximum atomic E-state index is 13.9. The molecule has 9 nitrogen and oxygen atoms in total. The van der Waals surface area contributed by atoms with Crippen molar-refractivity contribution in [3.63, 3.8) is 0 Å². The zero-order valence-electron chi connectivity index (χ0n) is 20.9. The Morgan fingerprint density at radius 2 is 1.74 bits per heavy atom. The number of aromatic hydroxyl groups is 1. The lowest BCUT2D eigenvalue weighted by molar-refractivity contribution is -0.153. The molecule has 1 amide bonds. The van der Waals surface area contributed by atoms with Crippen LogP contribution in [-0.2, 0) is 20.8 Å². The number of Topliss-reactive ketones (excluding diaryl/α,β-unsaturated/α-hetero) is 2. The summed E-state index contributed by atoms with van der Waals surface area (Å²) in [5.74, 6) is -6.65. The van der Waals surface area contributed by atoms with Crippen molar-refractivity contribution in [3.8, 4) is 5.75 Å². The van der Waals surface area contributed by atoms with Crippen LogP contribution >= 0.6 is 0 Å². The second-order valence-electron chi connectivity index (χ2n) is 10.2. The number of aliphatic hydroxyl groups is 3. The number of nitrogens with two attached hydrogens (primary N) is 1. The van der Waals surface area contributed by atoms with Gasteiger partial charge in [-0.1, -0.05) is 48.6 Å². The molecule has 0 aliphatic heterocycles. The van der Waals surface area contributed by atoms with E-state index in [9.17, 15) is 34.8 Å². The highest BCUT2D eigenvalue weighted by Gasteiger charge is 2.64. The fourth-order valence-corrected chi connectivity index (χ4v) is 6.17. The summed E-state index contributed by atoms with van der Waals surface area (Å²) in [4.78, 5) is 40.6. The molecule has 3 aliphatic carbocycles. The van der Waals surface area contributed by atoms with E-state index in [1.807, 2.05) is 42.5 Å². The Bertz CT molecular complexity index is 1470. The second kappa shape index (κ2) is 8.97. The van der Waals surface area contributed by atoms with Crippen LogP contribution in [-0.4, -0.2) is 68.5 Å². The van der Waals surface area contributed by atoms with Crippen LogP contribution in [0.15, 0.2) is 59.4 Å². The van der Waals surface area contributed by atoms with Gasteiger partial charge in [0, 0.05) is 11.5 Å². The number of phenols is 1. The zero-order valence-corrected chi connectivity index (χ0v) is 20.9. The van der Waals surface area contributed by atoms with Crippen molar-refractivity contribution < 1.29 is 34.8 Å². The van der Waals surface area contributed by atoms with Crippen LogP contribution in [0.1, 0.15) is 28.7 Å². The fraction of sp³-hybridized carbons (Fsp3) is 0.276. The highest BCUT2D eigenvalue weighted by molar-refractivity contribution is 6.24. The Labute approximate surface area is 218 Å². The van der Waals surface area contributed by atoms with E-state index in [1.54, 1.807) is 20.2 Å². The predicted octanol–water partition coefficient (Wildman–Crippen LogP) is 2.13. The lowest BCUT2D eigenvalue weighted by atomic mass is 9.57. The molecule has 3 aliphatic rings. The first kappa shape index (κ1) is 25.4. The molecule has 9 heteroatoms. The first-order valence-corrected chi connectivity index (χ1v) is 12.2. The maximum Gasteiger partial charge on any atom is 0.255 e. The van der Waals surface area contributed by atoms with Crippen molar-refractivity contribution in [2.24, 2.45) is 17.6 Å². The van der Waals surface area contributed by atoms with Crippen LogP contribution in [0, 0.1) is 11.8 Å². The molecule has 0 saturated heterocycles. The lowest BCUT2D eigenvalue weighted by Crippen LogP contribution is -2.65. The largest absolute Gasteiger partial charge is 0.508 e. The maximum absolute atomic E-state index is 13.9. The summed E-state index contributed by atoms with van der Waals surface area (Å²) >= 11 is 0. The molecule has 0 spiro atoms. The number of nitrogens with zero attached hydrogens (tertiary/aromatic N) is 1. The van der Waals surface area contributed by atoms with E-state index in [0.717, 1.165) is 11.1 Å². The van der Waals surface area contributed by atoms with Gasteiger partial charge >= 0.3 is 0 Å². The standard InChI is InChI=1S/C29H28N2O7/c1-31(2)23-18-13-16-12-17-15(9-8-14-6-4-3-5-7-14)10-11-19(32)21(17)24(33)20(16)26(35)29(18,38)27(36)22(25(23)34)28(30)37/h3-11,16,18,23,32-33,36,38H,12-13H2,1-2H3,(H2,30,37)/b9-8+/t16-,18+,23-,29-/m0/s1. The summed E-state index contributed by atoms with van der Waals surface area (Å²) in [5.41, 5.74) is 4.05. The minimum atomic E-state index is -2.65. The highest BCUT2D eigenvalue weighted by Crippen LogP contribution is 2.53. The Hall–Kier alpha value is -4.21. The van der Waals surface area contributed by atoms with E-state index in [2.05, 4.69) is 0 Å². The van der Waals surface area contributed by atoms with Gasteiger partial charge in [0.2, 0.25) is 5.78 Å². The third kappa shape index (κ3) is 3.58. The van der Waals surface area contributed by atoms with Gasteiger partial charge < -0.3 is 26.2 Å². The van der Waals surface area contributed by atoms with E-state index in [0.29, 0.717) is 5.56 Å². The van der Waals surface area contributed by atoms with Gasteiger partial charge in [-0.25, -0.2) is 0 Å². The molecule has 196 valence electrons. The number of carbonyl (C=O) groups excluding carboxylic acids is 3. The number of aliphatic hydroxyl groups excluding tert-OH is 2. The SMILES string of the molecule is CN(C)[C@@H]1C(=O)C(C(N)=O)=C(O)[C@@]2(O)C(=O)C3=C(O)c4c(O)ccc(/C=C/c5ccccc5)c4C[C@H]3C[C@H]12. The van der Waals surface area contributed by atoms with Crippen molar-refractivity contribution in [2.75, 3.05) is 14.1 Å². The van der Waals surface area contributed by atoms with Crippen molar-refractivity contribution in [2.45, 2.75) is 24.5 Å². The van der Waals surface area contributed by atoms with Crippen LogP contribution in [0.3, 0.4) is 0 Å². The van der Waals surface area contributed by atoms with E-state index in [1.165, 1.54) is 11.0 Å². The minimum Gasteiger partial charge on any atom is -0.508 e. The lowest BCUT2D eigenvalue weighted by Gasteiger charge is -2.50. The van der Waals surface area contributed by atoms with E-state index < -0.39 is 58.0 Å². The topological polar surface area (TPSA) is 161 Å². The molecule has 0 unspecified atom stereocenters. The van der Waals surface area contributed by atoms with Crippen LogP contribution in [0.4, 0.5) is 0 Å². The molecule has 0 radical (unpaired) electrons. The normalized spacial score (nSPS) is 27.0. The van der Waals surface area contributed by atoms with Crippen LogP contribution in [0.2, 0.25) is 0 Å². The van der Waals surface area contributed by atoms with Crippen molar-refractivity contribution >= 4 is 35.4 Å². The third-order valence-corrected chi connectivity index (χ3v) is 7.90. The molecule has 1 fully saturated rings. The number of rotatable bonds is 4. The van der Waals surface area contributed by atoms with Gasteiger partial charge in [-0.3, -0.25) is 19.3 Å². The van der Waals surface area contributed by atoms with Gasteiger partial charge in [-0.05, 0) is 55.6 Å². The summed E-state index contributed by atoms with van der Waals surface area (Å²) in [7, 11) is 3.13. The van der Waals surface area contributed by atoms with Gasteiger partial charge in [0.1, 0.15) is 22.8 Å². The molecule has 2 aromatic carbocycles. The average Bonchev–Trinajstić information content (AvgIpc) is 2.86. The summed E-state index contributed by atoms with van der Waals surface area (Å²) in [6, 6.07) is 11.6. The summed E-state index contributed by atoms with van der Waals surface area (Å²) < 4.78 is 0. The quantitative estimate of drug-likeness (QED) is 0.305. The number of amides is 1. The number of benzene rings is 2. The second-order valence-corrected chi connectivity index (χ2v) is 10.2. The smallest absolute Gasteiger partial charge is 0.255 e. The molecule has 4 atom stereocenters. The molecule has 2 aromatic rings. The number of carbonyl (C=O) groups is 3. The van der Waals surface area contributed by atoms with E-state index >= 15 is 0 Å². The monoisotopic (exact) mass is 516 g/mol. The Morgan fingerprint density at radius 3 is 2.37 bits per heavy atom. The van der Waals surface area contributed by atoms with Crippen molar-refractivity contribution in [3.05, 3.63) is 81.6 Å². The van der Waals surface area contributed by atoms with Gasteiger partial charge in [-0.2, -0.15) is 0 Å². The predicted molar refractivity (Wildman–Crippen MR) is 140 cm³/mol. The Kier molecular flexibility index (Phi) is 6.00. The summed E-state index contributed by atoms with van der Waals surface area (Å²) in [5, 5.41) is 44.5. The minimum absolute atomic E-state index is 0.0449. The first-order valence-electron chi connectivity index (χ1n) is 12.2. The molecular formula is C29H28N2O7. The molecule has 0 aromatic heterocycles. The van der Waals surface area contributed by atoms with Gasteiger partial charge in [0.25, 0.3) is 5.91 Å². The zero-order chi connectivity index (χ0) is 27.5. The fourth-order valence-electron chi connectivity index (χ4n) is 6.17. The number of ketones is 2. The Balaban J connectivity index is 1.68. The van der Waals surface area contributed by atoms with Crippen molar-refractivity contribution in [1.29, 1.82) is 0 Å². The number of fused-ring (bicyclic) bond motifs is 3.